The second-order valence-corrected chi connectivity index (χ2v) is 7.01. The fraction of sp³-hybridized carbons (Fsp3) is 0.200. The van der Waals surface area contributed by atoms with Crippen LogP contribution in [-0.4, -0.2) is 24.1 Å². The first-order chi connectivity index (χ1) is 15.6. The molecule has 0 N–H and O–H groups in total. The van der Waals surface area contributed by atoms with E-state index in [2.05, 4.69) is 6.07 Å². The van der Waals surface area contributed by atoms with Crippen LogP contribution in [0.5, 0.6) is 5.75 Å². The van der Waals surface area contributed by atoms with Gasteiger partial charge in [-0.1, -0.05) is 36.4 Å². The molecular formula is C25H21N3O4. The topological polar surface area (TPSA) is 105 Å². The van der Waals surface area contributed by atoms with Gasteiger partial charge in [0.2, 0.25) is 0 Å². The summed E-state index contributed by atoms with van der Waals surface area (Å²) in [5.74, 6) is 0.0411. The highest BCUT2D eigenvalue weighted by atomic mass is 16.5. The van der Waals surface area contributed by atoms with Gasteiger partial charge < -0.3 is 14.0 Å². The SMILES string of the molecule is COCCn1cc(C(=O)c2ccccc2OCc2ccc(CC#N)cc2)cc(C#N)c1=O. The number of hydrogen-bond acceptors (Lipinski definition) is 6. The van der Waals surface area contributed by atoms with Gasteiger partial charge in [0, 0.05) is 25.4 Å². The van der Waals surface area contributed by atoms with Crippen molar-refractivity contribution in [2.45, 2.75) is 19.6 Å². The molecule has 0 atom stereocenters. The summed E-state index contributed by atoms with van der Waals surface area (Å²) in [6.45, 7) is 0.744. The van der Waals surface area contributed by atoms with Crippen molar-refractivity contribution in [3.8, 4) is 17.9 Å². The summed E-state index contributed by atoms with van der Waals surface area (Å²) in [5, 5.41) is 18.1. The maximum atomic E-state index is 13.2. The normalized spacial score (nSPS) is 10.2. The van der Waals surface area contributed by atoms with Crippen LogP contribution in [0, 0.1) is 22.7 Å². The van der Waals surface area contributed by atoms with Gasteiger partial charge in [-0.05, 0) is 29.3 Å². The molecule has 0 saturated heterocycles. The average molecular weight is 427 g/mol. The minimum atomic E-state index is -0.467. The zero-order valence-corrected chi connectivity index (χ0v) is 17.6. The zero-order chi connectivity index (χ0) is 22.9. The molecule has 32 heavy (non-hydrogen) atoms. The van der Waals surface area contributed by atoms with Crippen LogP contribution >= 0.6 is 0 Å². The lowest BCUT2D eigenvalue weighted by molar-refractivity contribution is 0.103. The molecule has 0 unspecified atom stereocenters. The van der Waals surface area contributed by atoms with E-state index in [1.807, 2.05) is 30.3 Å². The Hall–Kier alpha value is -4.20. The zero-order valence-electron chi connectivity index (χ0n) is 17.6. The van der Waals surface area contributed by atoms with Crippen molar-refractivity contribution in [1.29, 1.82) is 10.5 Å². The van der Waals surface area contributed by atoms with Gasteiger partial charge in [0.1, 0.15) is 24.0 Å². The highest BCUT2D eigenvalue weighted by Crippen LogP contribution is 2.23. The first kappa shape index (κ1) is 22.5. The number of ketones is 1. The summed E-state index contributed by atoms with van der Waals surface area (Å²) in [5.41, 5.74) is 1.79. The maximum absolute atomic E-state index is 13.2. The van der Waals surface area contributed by atoms with E-state index in [1.54, 1.807) is 24.3 Å². The van der Waals surface area contributed by atoms with Gasteiger partial charge in [0.05, 0.1) is 24.7 Å². The largest absolute Gasteiger partial charge is 0.488 e. The molecule has 0 aliphatic carbocycles. The third-order valence-corrected chi connectivity index (χ3v) is 4.84. The molecule has 3 aromatic rings. The summed E-state index contributed by atoms with van der Waals surface area (Å²) >= 11 is 0. The second-order valence-electron chi connectivity index (χ2n) is 7.01. The highest BCUT2D eigenvalue weighted by Gasteiger charge is 2.18. The quantitative estimate of drug-likeness (QED) is 0.486. The molecular weight excluding hydrogens is 406 g/mol. The predicted octanol–water partition coefficient (Wildman–Crippen LogP) is 3.24. The molecule has 7 nitrogen and oxygen atoms in total. The van der Waals surface area contributed by atoms with Gasteiger partial charge in [0.15, 0.2) is 5.78 Å². The van der Waals surface area contributed by atoms with E-state index in [1.165, 1.54) is 23.9 Å². The first-order valence-corrected chi connectivity index (χ1v) is 9.92. The molecule has 0 fully saturated rings. The predicted molar refractivity (Wildman–Crippen MR) is 117 cm³/mol. The van der Waals surface area contributed by atoms with Crippen molar-refractivity contribution in [1.82, 2.24) is 4.57 Å². The van der Waals surface area contributed by atoms with Gasteiger partial charge >= 0.3 is 0 Å². The second kappa shape index (κ2) is 10.7. The monoisotopic (exact) mass is 427 g/mol. The Morgan fingerprint density at radius 3 is 2.47 bits per heavy atom. The standard InChI is InChI=1S/C25H21N3O4/c1-31-13-12-28-16-21(14-20(15-27)25(28)30)24(29)22-4-2-3-5-23(22)32-17-19-8-6-18(7-9-19)10-11-26/h2-9,14,16H,10,12-13,17H2,1H3. The number of methoxy groups -OCH3 is 1. The van der Waals surface area contributed by atoms with Gasteiger partial charge in [-0.2, -0.15) is 10.5 Å². The fourth-order valence-electron chi connectivity index (χ4n) is 3.14. The first-order valence-electron chi connectivity index (χ1n) is 9.92. The summed E-state index contributed by atoms with van der Waals surface area (Å²) in [7, 11) is 1.51. The van der Waals surface area contributed by atoms with Crippen LogP contribution in [0.2, 0.25) is 0 Å². The molecule has 0 saturated carbocycles. The number of benzene rings is 2. The van der Waals surface area contributed by atoms with Crippen molar-refractivity contribution in [2.24, 2.45) is 0 Å². The molecule has 2 aromatic carbocycles. The number of nitrogens with zero attached hydrogens (tertiary/aromatic N) is 3. The van der Waals surface area contributed by atoms with E-state index < -0.39 is 5.56 Å². The molecule has 0 bridgehead atoms. The number of rotatable bonds is 9. The van der Waals surface area contributed by atoms with Crippen molar-refractivity contribution in [3.05, 3.63) is 99.0 Å². The van der Waals surface area contributed by atoms with Crippen LogP contribution in [0.4, 0.5) is 0 Å². The summed E-state index contributed by atoms with van der Waals surface area (Å²) < 4.78 is 12.2. The van der Waals surface area contributed by atoms with E-state index >= 15 is 0 Å². The minimum absolute atomic E-state index is 0.109. The van der Waals surface area contributed by atoms with Crippen molar-refractivity contribution in [2.75, 3.05) is 13.7 Å². The molecule has 7 heteroatoms. The molecule has 0 aliphatic heterocycles. The number of carbonyl (C=O) groups excluding carboxylic acids is 1. The smallest absolute Gasteiger partial charge is 0.268 e. The molecule has 160 valence electrons. The van der Waals surface area contributed by atoms with Gasteiger partial charge in [-0.3, -0.25) is 9.59 Å². The van der Waals surface area contributed by atoms with E-state index in [4.69, 9.17) is 14.7 Å². The fourth-order valence-corrected chi connectivity index (χ4v) is 3.14. The number of aromatic nitrogens is 1. The number of para-hydroxylation sites is 1. The molecule has 1 heterocycles. The van der Waals surface area contributed by atoms with Crippen LogP contribution in [0.15, 0.2) is 65.6 Å². The Morgan fingerprint density at radius 2 is 1.78 bits per heavy atom. The molecule has 1 aromatic heterocycles. The lowest BCUT2D eigenvalue weighted by Crippen LogP contribution is -2.25. The molecule has 0 aliphatic rings. The summed E-state index contributed by atoms with van der Waals surface area (Å²) in [6, 6.07) is 19.6. The lowest BCUT2D eigenvalue weighted by Gasteiger charge is -2.13. The maximum Gasteiger partial charge on any atom is 0.268 e. The van der Waals surface area contributed by atoms with E-state index in [0.29, 0.717) is 17.7 Å². The minimum Gasteiger partial charge on any atom is -0.488 e. The van der Waals surface area contributed by atoms with Crippen LogP contribution < -0.4 is 10.3 Å². The van der Waals surface area contributed by atoms with Gasteiger partial charge in [-0.25, -0.2) is 0 Å². The Kier molecular flexibility index (Phi) is 7.53. The Bertz CT molecular complexity index is 1250. The van der Waals surface area contributed by atoms with E-state index in [9.17, 15) is 14.9 Å². The highest BCUT2D eigenvalue weighted by molar-refractivity contribution is 6.10. The van der Waals surface area contributed by atoms with E-state index in [-0.39, 0.29) is 36.7 Å². The van der Waals surface area contributed by atoms with Gasteiger partial charge in [0.25, 0.3) is 5.56 Å². The molecule has 0 radical (unpaired) electrons. The van der Waals surface area contributed by atoms with E-state index in [0.717, 1.165) is 11.1 Å². The third-order valence-electron chi connectivity index (χ3n) is 4.84. The summed E-state index contributed by atoms with van der Waals surface area (Å²) in [6.07, 6.45) is 1.78. The lowest BCUT2D eigenvalue weighted by atomic mass is 10.0. The third kappa shape index (κ3) is 5.28. The molecule has 3 rings (SSSR count). The molecule has 0 spiro atoms. The van der Waals surface area contributed by atoms with Crippen LogP contribution in [0.3, 0.4) is 0 Å². The van der Waals surface area contributed by atoms with Crippen LogP contribution in [0.25, 0.3) is 0 Å². The Balaban J connectivity index is 1.86. The number of pyridine rings is 1. The summed E-state index contributed by atoms with van der Waals surface area (Å²) in [4.78, 5) is 25.6. The van der Waals surface area contributed by atoms with Crippen LogP contribution in [-0.2, 0) is 24.3 Å². The Morgan fingerprint density at radius 1 is 1.06 bits per heavy atom. The van der Waals surface area contributed by atoms with Crippen LogP contribution in [0.1, 0.15) is 32.6 Å². The number of ether oxygens (including phenoxy) is 2. The number of hydrogen-bond donors (Lipinski definition) is 0. The number of carbonyl (C=O) groups is 1. The van der Waals surface area contributed by atoms with Crippen molar-refractivity contribution < 1.29 is 14.3 Å². The van der Waals surface area contributed by atoms with Gasteiger partial charge in [-0.15, -0.1) is 0 Å². The number of nitriles is 2. The Labute approximate surface area is 185 Å². The molecule has 0 amide bonds. The van der Waals surface area contributed by atoms with Crippen molar-refractivity contribution >= 4 is 5.78 Å². The van der Waals surface area contributed by atoms with Crippen molar-refractivity contribution in [3.63, 3.8) is 0 Å². The average Bonchev–Trinajstić information content (AvgIpc) is 2.83.